The number of piperazine rings is 1. The van der Waals surface area contributed by atoms with Gasteiger partial charge in [-0.3, -0.25) is 4.79 Å². The quantitative estimate of drug-likeness (QED) is 0.0731. The highest BCUT2D eigenvalue weighted by molar-refractivity contribution is 6.31. The molecule has 1 amide bonds. The molecule has 9 heteroatoms. The number of para-hydroxylation sites is 1. The summed E-state index contributed by atoms with van der Waals surface area (Å²) in [5.41, 5.74) is 1.13. The summed E-state index contributed by atoms with van der Waals surface area (Å²) in [4.78, 5) is 37.6. The molecule has 1 unspecified atom stereocenters. The van der Waals surface area contributed by atoms with Gasteiger partial charge in [0.2, 0.25) is 6.29 Å². The SMILES string of the molecule is CCCCCCCCCCCCCCCCCCCC(=O)OC(C)OC(=O)N1C(N2CCN(C)CC2)=c2ccccc2=Nc2ccc(Cl)cc21. The molecule has 0 radical (unpaired) electrons. The average molecular weight is 709 g/mol. The van der Waals surface area contributed by atoms with E-state index < -0.39 is 12.4 Å². The number of likely N-dealkylation sites (N-methyl/N-ethyl adjacent to an activating group) is 1. The molecular formula is C41H61ClN4O4. The monoisotopic (exact) mass is 708 g/mol. The summed E-state index contributed by atoms with van der Waals surface area (Å²) in [6, 6.07) is 13.1. The Morgan fingerprint density at radius 2 is 1.32 bits per heavy atom. The average Bonchev–Trinajstić information content (AvgIpc) is 3.24. The highest BCUT2D eigenvalue weighted by Gasteiger charge is 2.33. The number of rotatable bonds is 21. The lowest BCUT2D eigenvalue weighted by molar-refractivity contribution is -0.164. The van der Waals surface area contributed by atoms with E-state index in [2.05, 4.69) is 23.8 Å². The summed E-state index contributed by atoms with van der Waals surface area (Å²) in [5, 5.41) is 2.06. The van der Waals surface area contributed by atoms with Crippen molar-refractivity contribution in [2.75, 3.05) is 38.1 Å². The Hall–Kier alpha value is -3.10. The molecule has 2 heterocycles. The third kappa shape index (κ3) is 12.9. The van der Waals surface area contributed by atoms with Crippen molar-refractivity contribution in [1.82, 2.24) is 9.80 Å². The van der Waals surface area contributed by atoms with Gasteiger partial charge in [-0.1, -0.05) is 133 Å². The molecule has 2 aromatic carbocycles. The standard InChI is InChI=1S/C41H61ClN4O4/c1-4-5-6-7-8-9-10-11-12-13-14-15-16-17-18-19-20-25-39(47)49-33(2)50-41(48)46-38-32-34(42)26-27-37(38)43-36-24-22-21-23-35(36)40(46)45-30-28-44(3)29-31-45/h21-24,26-27,32-33H,4-20,25,28-31H2,1-3H3. The lowest BCUT2D eigenvalue weighted by Gasteiger charge is -2.39. The van der Waals surface area contributed by atoms with Crippen molar-refractivity contribution in [3.05, 3.63) is 58.1 Å². The van der Waals surface area contributed by atoms with Crippen molar-refractivity contribution >= 4 is 40.9 Å². The highest BCUT2D eigenvalue weighted by Crippen LogP contribution is 2.36. The maximum absolute atomic E-state index is 14.0. The number of anilines is 1. The van der Waals surface area contributed by atoms with Crippen molar-refractivity contribution < 1.29 is 19.1 Å². The molecule has 0 N–H and O–H groups in total. The second-order valence-electron chi connectivity index (χ2n) is 14.1. The van der Waals surface area contributed by atoms with Gasteiger partial charge in [0.05, 0.1) is 16.7 Å². The lowest BCUT2D eigenvalue weighted by atomic mass is 10.0. The normalized spacial score (nSPS) is 15.2. The topological polar surface area (TPSA) is 74.7 Å². The first-order valence-electron chi connectivity index (χ1n) is 19.5. The van der Waals surface area contributed by atoms with E-state index >= 15 is 0 Å². The number of ether oxygens (including phenoxy) is 2. The van der Waals surface area contributed by atoms with Crippen LogP contribution in [0.4, 0.5) is 16.2 Å². The predicted octanol–water partition coefficient (Wildman–Crippen LogP) is 9.49. The van der Waals surface area contributed by atoms with Gasteiger partial charge in [0.25, 0.3) is 0 Å². The highest BCUT2D eigenvalue weighted by atomic mass is 35.5. The van der Waals surface area contributed by atoms with Gasteiger partial charge in [0, 0.05) is 49.8 Å². The van der Waals surface area contributed by atoms with E-state index in [4.69, 9.17) is 26.1 Å². The molecule has 0 bridgehead atoms. The molecule has 1 fully saturated rings. The fourth-order valence-corrected chi connectivity index (χ4v) is 7.03. The number of carbonyl (C=O) groups is 2. The van der Waals surface area contributed by atoms with Crippen LogP contribution < -0.4 is 15.5 Å². The third-order valence-corrected chi connectivity index (χ3v) is 10.0. The summed E-state index contributed by atoms with van der Waals surface area (Å²) < 4.78 is 11.4. The number of benzene rings is 2. The van der Waals surface area contributed by atoms with E-state index in [-0.39, 0.29) is 5.97 Å². The van der Waals surface area contributed by atoms with Crippen LogP contribution >= 0.6 is 11.6 Å². The van der Waals surface area contributed by atoms with Gasteiger partial charge in [-0.2, -0.15) is 0 Å². The summed E-state index contributed by atoms with van der Waals surface area (Å²) in [7, 11) is 2.09. The minimum atomic E-state index is -1.05. The summed E-state index contributed by atoms with van der Waals surface area (Å²) in [6.07, 6.45) is 20.6. The van der Waals surface area contributed by atoms with E-state index in [1.807, 2.05) is 30.3 Å². The molecule has 1 saturated heterocycles. The Morgan fingerprint density at radius 1 is 0.760 bits per heavy atom. The molecule has 1 atom stereocenters. The van der Waals surface area contributed by atoms with Crippen LogP contribution in [0.1, 0.15) is 129 Å². The molecule has 2 aliphatic rings. The van der Waals surface area contributed by atoms with E-state index in [9.17, 15) is 9.59 Å². The Morgan fingerprint density at radius 3 is 1.92 bits per heavy atom. The van der Waals surface area contributed by atoms with Gasteiger partial charge in [-0.05, 0) is 43.8 Å². The Balaban J connectivity index is 1.19. The minimum Gasteiger partial charge on any atom is -0.425 e. The van der Waals surface area contributed by atoms with Crippen LogP contribution in [0.2, 0.25) is 5.02 Å². The van der Waals surface area contributed by atoms with Crippen LogP contribution in [0.3, 0.4) is 0 Å². The first kappa shape index (κ1) is 39.7. The van der Waals surface area contributed by atoms with Crippen LogP contribution in [0, 0.1) is 0 Å². The number of halogens is 1. The van der Waals surface area contributed by atoms with Gasteiger partial charge in [-0.25, -0.2) is 14.7 Å². The zero-order valence-corrected chi connectivity index (χ0v) is 31.7. The summed E-state index contributed by atoms with van der Waals surface area (Å²) in [6.45, 7) is 7.02. The first-order chi connectivity index (χ1) is 24.4. The zero-order chi connectivity index (χ0) is 35.6. The fourth-order valence-electron chi connectivity index (χ4n) is 6.87. The van der Waals surface area contributed by atoms with Crippen molar-refractivity contribution in [2.45, 2.75) is 136 Å². The molecule has 276 valence electrons. The number of fused-ring (bicyclic) bond motifs is 2. The second-order valence-corrected chi connectivity index (χ2v) is 14.5. The maximum Gasteiger partial charge on any atom is 0.423 e. The third-order valence-electron chi connectivity index (χ3n) is 9.81. The molecule has 0 saturated carbocycles. The fraction of sp³-hybridized carbons (Fsp3) is 0.634. The van der Waals surface area contributed by atoms with Gasteiger partial charge in [0.15, 0.2) is 0 Å². The van der Waals surface area contributed by atoms with Crippen LogP contribution in [0.25, 0.3) is 5.82 Å². The van der Waals surface area contributed by atoms with Crippen LogP contribution in [0.15, 0.2) is 47.5 Å². The molecule has 0 aromatic heterocycles. The largest absolute Gasteiger partial charge is 0.425 e. The molecule has 2 aromatic rings. The van der Waals surface area contributed by atoms with Crippen LogP contribution in [-0.2, 0) is 14.3 Å². The molecule has 2 aliphatic heterocycles. The maximum atomic E-state index is 14.0. The molecule has 50 heavy (non-hydrogen) atoms. The van der Waals surface area contributed by atoms with Crippen LogP contribution in [0.5, 0.6) is 0 Å². The number of amides is 1. The number of unbranched alkanes of at least 4 members (excludes halogenated alkanes) is 16. The van der Waals surface area contributed by atoms with E-state index in [1.54, 1.807) is 24.0 Å². The Bertz CT molecular complexity index is 1460. The van der Waals surface area contributed by atoms with Gasteiger partial charge >= 0.3 is 12.1 Å². The summed E-state index contributed by atoms with van der Waals surface area (Å²) in [5.74, 6) is 0.333. The van der Waals surface area contributed by atoms with E-state index in [0.717, 1.165) is 56.0 Å². The Labute approximate surface area is 305 Å². The van der Waals surface area contributed by atoms with E-state index in [0.29, 0.717) is 28.6 Å². The van der Waals surface area contributed by atoms with Gasteiger partial charge in [0.1, 0.15) is 5.82 Å². The number of esters is 1. The number of hydrogen-bond donors (Lipinski definition) is 0. The molecule has 0 spiro atoms. The predicted molar refractivity (Wildman–Crippen MR) is 204 cm³/mol. The molecule has 8 nitrogen and oxygen atoms in total. The van der Waals surface area contributed by atoms with Crippen molar-refractivity contribution in [2.24, 2.45) is 4.99 Å². The molecule has 4 rings (SSSR count). The zero-order valence-electron chi connectivity index (χ0n) is 31.0. The second kappa shape index (κ2) is 22.0. The smallest absolute Gasteiger partial charge is 0.423 e. The number of hydrogen-bond acceptors (Lipinski definition) is 7. The van der Waals surface area contributed by atoms with Crippen molar-refractivity contribution in [3.8, 4) is 0 Å². The van der Waals surface area contributed by atoms with Crippen LogP contribution in [-0.4, -0.2) is 61.4 Å². The number of nitrogens with zero attached hydrogens (tertiary/aromatic N) is 4. The number of carbonyl (C=O) groups excluding carboxylic acids is 2. The van der Waals surface area contributed by atoms with E-state index in [1.165, 1.54) is 89.9 Å². The molecular weight excluding hydrogens is 648 g/mol. The first-order valence-corrected chi connectivity index (χ1v) is 19.9. The Kier molecular flexibility index (Phi) is 17.4. The van der Waals surface area contributed by atoms with Gasteiger partial charge in [-0.15, -0.1) is 0 Å². The lowest BCUT2D eigenvalue weighted by Crippen LogP contribution is -2.51. The minimum absolute atomic E-state index is 0.313. The van der Waals surface area contributed by atoms with Crippen molar-refractivity contribution in [3.63, 3.8) is 0 Å². The summed E-state index contributed by atoms with van der Waals surface area (Å²) >= 11 is 6.46. The van der Waals surface area contributed by atoms with Gasteiger partial charge < -0.3 is 19.3 Å². The van der Waals surface area contributed by atoms with Crippen molar-refractivity contribution in [1.29, 1.82) is 0 Å². The molecule has 0 aliphatic carbocycles.